The fraction of sp³-hybridized carbons (Fsp3) is 0.533. The standard InChI is InChI=1S/C15H21NO3/c1-2-3-4-5-14(17)12-6-8-13(9-7-12)16-10-11-19-15(16)18/h6-9,14,17H,2-5,10-11H2,1H3. The summed E-state index contributed by atoms with van der Waals surface area (Å²) in [4.78, 5) is 13.0. The predicted octanol–water partition coefficient (Wildman–Crippen LogP) is 3.26. The Morgan fingerprint density at radius 2 is 2.05 bits per heavy atom. The van der Waals surface area contributed by atoms with E-state index >= 15 is 0 Å². The van der Waals surface area contributed by atoms with Crippen LogP contribution in [0.2, 0.25) is 0 Å². The van der Waals surface area contributed by atoms with Crippen LogP contribution in [0.4, 0.5) is 10.5 Å². The number of benzene rings is 1. The second-order valence-electron chi connectivity index (χ2n) is 4.87. The lowest BCUT2D eigenvalue weighted by Gasteiger charge is -2.15. The molecule has 1 saturated heterocycles. The summed E-state index contributed by atoms with van der Waals surface area (Å²) in [5.41, 5.74) is 1.74. The van der Waals surface area contributed by atoms with E-state index in [4.69, 9.17) is 4.74 Å². The van der Waals surface area contributed by atoms with Gasteiger partial charge in [-0.25, -0.2) is 4.79 Å². The van der Waals surface area contributed by atoms with E-state index in [2.05, 4.69) is 6.92 Å². The van der Waals surface area contributed by atoms with E-state index in [1.165, 1.54) is 0 Å². The van der Waals surface area contributed by atoms with Gasteiger partial charge in [0.25, 0.3) is 0 Å². The molecule has 1 atom stereocenters. The molecule has 0 aromatic heterocycles. The molecule has 1 aliphatic heterocycles. The molecule has 104 valence electrons. The van der Waals surface area contributed by atoms with Gasteiger partial charge in [-0.05, 0) is 24.1 Å². The molecule has 0 saturated carbocycles. The van der Waals surface area contributed by atoms with E-state index in [-0.39, 0.29) is 6.09 Å². The van der Waals surface area contributed by atoms with Crippen molar-refractivity contribution in [1.82, 2.24) is 0 Å². The van der Waals surface area contributed by atoms with Crippen LogP contribution in [0.1, 0.15) is 44.3 Å². The van der Waals surface area contributed by atoms with Gasteiger partial charge in [-0.1, -0.05) is 38.3 Å². The Morgan fingerprint density at radius 3 is 2.63 bits per heavy atom. The number of nitrogens with zero attached hydrogens (tertiary/aromatic N) is 1. The number of hydrogen-bond acceptors (Lipinski definition) is 3. The second-order valence-corrected chi connectivity index (χ2v) is 4.87. The van der Waals surface area contributed by atoms with Crippen LogP contribution < -0.4 is 4.90 Å². The highest BCUT2D eigenvalue weighted by molar-refractivity contribution is 5.89. The summed E-state index contributed by atoms with van der Waals surface area (Å²) in [6, 6.07) is 7.50. The zero-order valence-electron chi connectivity index (χ0n) is 11.3. The van der Waals surface area contributed by atoms with Crippen LogP contribution >= 0.6 is 0 Å². The van der Waals surface area contributed by atoms with E-state index in [1.54, 1.807) is 4.90 Å². The Balaban J connectivity index is 1.95. The molecule has 1 aliphatic rings. The van der Waals surface area contributed by atoms with Gasteiger partial charge in [0.2, 0.25) is 0 Å². The molecule has 4 nitrogen and oxygen atoms in total. The Hall–Kier alpha value is -1.55. The third kappa shape index (κ3) is 3.47. The van der Waals surface area contributed by atoms with Crippen molar-refractivity contribution < 1.29 is 14.6 Å². The SMILES string of the molecule is CCCCCC(O)c1ccc(N2CCOC2=O)cc1. The topological polar surface area (TPSA) is 49.8 Å². The highest BCUT2D eigenvalue weighted by atomic mass is 16.6. The Kier molecular flexibility index (Phi) is 4.80. The highest BCUT2D eigenvalue weighted by Crippen LogP contribution is 2.24. The van der Waals surface area contributed by atoms with Gasteiger partial charge >= 0.3 is 6.09 Å². The van der Waals surface area contributed by atoms with Gasteiger partial charge in [0, 0.05) is 5.69 Å². The smallest absolute Gasteiger partial charge is 0.414 e. The average Bonchev–Trinajstić information content (AvgIpc) is 2.85. The molecule has 1 heterocycles. The van der Waals surface area contributed by atoms with Crippen molar-refractivity contribution in [1.29, 1.82) is 0 Å². The van der Waals surface area contributed by atoms with Crippen LogP contribution in [0.25, 0.3) is 0 Å². The van der Waals surface area contributed by atoms with Crippen LogP contribution in [0, 0.1) is 0 Å². The summed E-state index contributed by atoms with van der Waals surface area (Å²) in [5, 5.41) is 10.1. The van der Waals surface area contributed by atoms with Crippen molar-refractivity contribution in [2.24, 2.45) is 0 Å². The maximum Gasteiger partial charge on any atom is 0.414 e. The van der Waals surface area contributed by atoms with Crippen molar-refractivity contribution in [2.75, 3.05) is 18.1 Å². The summed E-state index contributed by atoms with van der Waals surface area (Å²) >= 11 is 0. The normalized spacial score (nSPS) is 16.5. The summed E-state index contributed by atoms with van der Waals surface area (Å²) < 4.78 is 4.90. The van der Waals surface area contributed by atoms with E-state index in [0.29, 0.717) is 13.2 Å². The summed E-state index contributed by atoms with van der Waals surface area (Å²) in [7, 11) is 0. The van der Waals surface area contributed by atoms with Crippen molar-refractivity contribution >= 4 is 11.8 Å². The van der Waals surface area contributed by atoms with Crippen molar-refractivity contribution in [3.63, 3.8) is 0 Å². The van der Waals surface area contributed by atoms with Gasteiger partial charge < -0.3 is 9.84 Å². The lowest BCUT2D eigenvalue weighted by atomic mass is 10.0. The van der Waals surface area contributed by atoms with Gasteiger partial charge in [-0.3, -0.25) is 4.90 Å². The number of carbonyl (C=O) groups excluding carboxylic acids is 1. The van der Waals surface area contributed by atoms with Crippen molar-refractivity contribution in [3.05, 3.63) is 29.8 Å². The van der Waals surface area contributed by atoms with Crippen LogP contribution in [-0.4, -0.2) is 24.4 Å². The van der Waals surface area contributed by atoms with E-state index in [9.17, 15) is 9.90 Å². The maximum absolute atomic E-state index is 11.4. The number of aliphatic hydroxyl groups is 1. The minimum atomic E-state index is -0.411. The number of amides is 1. The molecule has 2 rings (SSSR count). The number of unbranched alkanes of at least 4 members (excludes halogenated alkanes) is 2. The van der Waals surface area contributed by atoms with E-state index in [0.717, 1.165) is 36.9 Å². The summed E-state index contributed by atoms with van der Waals surface area (Å²) in [5.74, 6) is 0. The van der Waals surface area contributed by atoms with E-state index in [1.807, 2.05) is 24.3 Å². The molecule has 1 fully saturated rings. The van der Waals surface area contributed by atoms with Gasteiger partial charge in [0.1, 0.15) is 6.61 Å². The minimum absolute atomic E-state index is 0.295. The molecule has 1 amide bonds. The Bertz CT molecular complexity index is 416. The number of carbonyl (C=O) groups is 1. The van der Waals surface area contributed by atoms with E-state index < -0.39 is 6.10 Å². The van der Waals surface area contributed by atoms with Gasteiger partial charge in [-0.15, -0.1) is 0 Å². The molecular weight excluding hydrogens is 242 g/mol. The quantitative estimate of drug-likeness (QED) is 0.801. The molecule has 1 N–H and O–H groups in total. The zero-order chi connectivity index (χ0) is 13.7. The number of cyclic esters (lactones) is 1. The number of rotatable bonds is 6. The molecule has 4 heteroatoms. The Labute approximate surface area is 114 Å². The van der Waals surface area contributed by atoms with Gasteiger partial charge in [0.05, 0.1) is 12.6 Å². The second kappa shape index (κ2) is 6.57. The van der Waals surface area contributed by atoms with Crippen LogP contribution in [0.15, 0.2) is 24.3 Å². The molecule has 0 spiro atoms. The first kappa shape index (κ1) is 13.9. The number of hydrogen-bond donors (Lipinski definition) is 1. The van der Waals surface area contributed by atoms with Crippen molar-refractivity contribution in [2.45, 2.75) is 38.7 Å². The largest absolute Gasteiger partial charge is 0.447 e. The molecule has 1 unspecified atom stereocenters. The fourth-order valence-electron chi connectivity index (χ4n) is 2.26. The third-order valence-electron chi connectivity index (χ3n) is 3.43. The summed E-state index contributed by atoms with van der Waals surface area (Å²) in [6.45, 7) is 3.19. The van der Waals surface area contributed by atoms with Gasteiger partial charge in [0.15, 0.2) is 0 Å². The van der Waals surface area contributed by atoms with Gasteiger partial charge in [-0.2, -0.15) is 0 Å². The molecule has 0 bridgehead atoms. The molecular formula is C15H21NO3. The van der Waals surface area contributed by atoms with Crippen LogP contribution in [0.3, 0.4) is 0 Å². The molecule has 0 radical (unpaired) electrons. The fourth-order valence-corrected chi connectivity index (χ4v) is 2.26. The van der Waals surface area contributed by atoms with Crippen LogP contribution in [-0.2, 0) is 4.74 Å². The first-order valence-corrected chi connectivity index (χ1v) is 6.94. The minimum Gasteiger partial charge on any atom is -0.447 e. The van der Waals surface area contributed by atoms with Crippen LogP contribution in [0.5, 0.6) is 0 Å². The Morgan fingerprint density at radius 1 is 1.32 bits per heavy atom. The third-order valence-corrected chi connectivity index (χ3v) is 3.43. The average molecular weight is 263 g/mol. The zero-order valence-corrected chi connectivity index (χ0v) is 11.3. The predicted molar refractivity (Wildman–Crippen MR) is 74.2 cm³/mol. The molecule has 19 heavy (non-hydrogen) atoms. The first-order valence-electron chi connectivity index (χ1n) is 6.94. The monoisotopic (exact) mass is 263 g/mol. The maximum atomic E-state index is 11.4. The first-order chi connectivity index (χ1) is 9.22. The number of aliphatic hydroxyl groups excluding tert-OH is 1. The molecule has 1 aromatic rings. The van der Waals surface area contributed by atoms with Crippen molar-refractivity contribution in [3.8, 4) is 0 Å². The summed E-state index contributed by atoms with van der Waals surface area (Å²) in [6.07, 6.45) is 3.43. The lowest BCUT2D eigenvalue weighted by Crippen LogP contribution is -2.23. The molecule has 0 aliphatic carbocycles. The molecule has 1 aromatic carbocycles. The lowest BCUT2D eigenvalue weighted by molar-refractivity contribution is 0.163. The number of anilines is 1. The highest BCUT2D eigenvalue weighted by Gasteiger charge is 2.23. The number of ether oxygens (including phenoxy) is 1.